The highest BCUT2D eigenvalue weighted by Crippen LogP contribution is 2.67. The van der Waals surface area contributed by atoms with E-state index >= 15 is 0 Å². The number of aromatic nitrogens is 8. The summed E-state index contributed by atoms with van der Waals surface area (Å²) in [7, 11) is -15.8. The molecule has 0 spiro atoms. The van der Waals surface area contributed by atoms with Crippen LogP contribution in [0.5, 0.6) is 5.88 Å². The first kappa shape index (κ1) is 43.6. The zero-order valence-corrected chi connectivity index (χ0v) is 32.8. The van der Waals surface area contributed by atoms with E-state index in [1.165, 1.54) is 29.6 Å². The SMILES string of the molecule is COC1[C@@H](O)[C@@H](COP(=O)([O-])OP([O-])(=S)OP(=O)([O-])OP(=O)([O-])OC[C@H]2O[C@@H](n3cnc4c(=O)[nH]c(N)nc43)C(O)[C@H]2O)O[C@H]1[n+]1cn(C)c2c([O-])nc(N)nc21. The molecule has 57 heavy (non-hydrogen) atoms. The molecule has 0 amide bonds. The number of aliphatic hydroxyl groups excluding tert-OH is 3. The van der Waals surface area contributed by atoms with Crippen molar-refractivity contribution in [3.05, 3.63) is 23.0 Å². The lowest BCUT2D eigenvalue weighted by Crippen LogP contribution is -2.46. The summed E-state index contributed by atoms with van der Waals surface area (Å²) in [6.45, 7) is -8.14. The number of nitrogens with two attached hydrogens (primary N) is 2. The van der Waals surface area contributed by atoms with Crippen molar-refractivity contribution in [2.45, 2.75) is 49.1 Å². The molecule has 0 bridgehead atoms. The number of anilines is 2. The number of H-pyrrole nitrogens is 1. The highest BCUT2D eigenvalue weighted by molar-refractivity contribution is 8.09. The van der Waals surface area contributed by atoms with E-state index in [1.807, 2.05) is 0 Å². The minimum Gasteiger partial charge on any atom is -0.856 e. The Morgan fingerprint density at radius 1 is 0.947 bits per heavy atom. The van der Waals surface area contributed by atoms with Crippen LogP contribution in [0.3, 0.4) is 0 Å². The molecule has 8 N–H and O–H groups in total. The van der Waals surface area contributed by atoms with Crippen LogP contribution in [-0.2, 0) is 68.7 Å². The molecule has 6 rings (SSSR count). The van der Waals surface area contributed by atoms with E-state index in [2.05, 4.69) is 58.7 Å². The molecule has 6 unspecified atom stereocenters. The van der Waals surface area contributed by atoms with Crippen LogP contribution in [0, 0.1) is 0 Å². The Bertz CT molecular complexity index is 2440. The number of nitrogen functional groups attached to an aromatic ring is 2. The normalized spacial score (nSPS) is 29.6. The molecule has 316 valence electrons. The van der Waals surface area contributed by atoms with Gasteiger partial charge in [0, 0.05) is 13.0 Å². The summed E-state index contributed by atoms with van der Waals surface area (Å²) in [6, 6.07) is 0. The Morgan fingerprint density at radius 2 is 1.56 bits per heavy atom. The van der Waals surface area contributed by atoms with Crippen LogP contribution in [0.25, 0.3) is 22.3 Å². The van der Waals surface area contributed by atoms with Crippen molar-refractivity contribution in [3.8, 4) is 5.88 Å². The van der Waals surface area contributed by atoms with E-state index in [9.17, 15) is 58.5 Å². The second kappa shape index (κ2) is 15.9. The van der Waals surface area contributed by atoms with E-state index in [0.717, 1.165) is 10.9 Å². The van der Waals surface area contributed by atoms with Crippen LogP contribution in [0.4, 0.5) is 11.9 Å². The minimum absolute atomic E-state index is 0.0183. The van der Waals surface area contributed by atoms with Gasteiger partial charge in [-0.1, -0.05) is 16.8 Å². The number of hydrogen-bond donors (Lipinski definition) is 6. The van der Waals surface area contributed by atoms with Gasteiger partial charge in [0.15, 0.2) is 29.2 Å². The monoisotopic (exact) mass is 908 g/mol. The van der Waals surface area contributed by atoms with Gasteiger partial charge in [0.05, 0.1) is 26.6 Å². The fourth-order valence-electron chi connectivity index (χ4n) is 5.75. The highest BCUT2D eigenvalue weighted by atomic mass is 32.5. The van der Waals surface area contributed by atoms with Gasteiger partial charge in [-0.25, -0.2) is 18.8 Å². The number of methoxy groups -OCH3 is 1. The maximum atomic E-state index is 12.6. The summed E-state index contributed by atoms with van der Waals surface area (Å²) in [5.41, 5.74) is 9.87. The third-order valence-corrected chi connectivity index (χ3v) is 15.0. The summed E-state index contributed by atoms with van der Waals surface area (Å²) in [5.74, 6) is -1.48. The van der Waals surface area contributed by atoms with E-state index < -0.39 is 110 Å². The second-order valence-electron chi connectivity index (χ2n) is 11.9. The maximum absolute atomic E-state index is 12.6. The summed E-state index contributed by atoms with van der Waals surface area (Å²) in [6.07, 6.45) is -10.5. The van der Waals surface area contributed by atoms with Crippen molar-refractivity contribution in [1.82, 2.24) is 34.1 Å². The molecular formula is C22H28N10O20P4S-4. The third kappa shape index (κ3) is 9.28. The number of ether oxygens (including phenoxy) is 3. The molecule has 2 fully saturated rings. The smallest absolute Gasteiger partial charge is 0.309 e. The van der Waals surface area contributed by atoms with Crippen LogP contribution in [-0.4, -0.2) is 106 Å². The number of hydrogen-bond acceptors (Lipinski definition) is 27. The van der Waals surface area contributed by atoms with E-state index in [-0.39, 0.29) is 28.3 Å². The van der Waals surface area contributed by atoms with Gasteiger partial charge >= 0.3 is 5.65 Å². The highest BCUT2D eigenvalue weighted by Gasteiger charge is 2.49. The van der Waals surface area contributed by atoms with Gasteiger partial charge in [-0.3, -0.25) is 41.2 Å². The largest absolute Gasteiger partial charge is 0.856 e. The molecule has 0 saturated carbocycles. The number of imidazole rings is 2. The van der Waals surface area contributed by atoms with Gasteiger partial charge in [0.1, 0.15) is 43.3 Å². The standard InChI is InChI=1S/C22H32N10O20P4S/c1-30-6-32(16-10(30)18(37)29-22(24)27-16)20-14(45-2)12(34)8(49-20)4-47-54(40,41)51-56(44,57)52-55(42,43)50-53(38,39)46-3-7-11(33)13(35)19(48-7)31-5-25-9-15(31)26-21(23)28-17(9)36/h5-8,11-14,19-20,33-35H,3-4H2,1-2H3,(H9-,23,24,26,27,28,29,36,37,38,39,40,41,42,43,44,57)/p-4/t7-,8-,11+,12+,13?,14?,19-,20-,56?/m1/s1. The van der Waals surface area contributed by atoms with Crippen LogP contribution in [0.15, 0.2) is 17.4 Å². The van der Waals surface area contributed by atoms with Crippen LogP contribution in [0.2, 0.25) is 0 Å². The van der Waals surface area contributed by atoms with E-state index in [4.69, 9.17) is 25.7 Å². The third-order valence-electron chi connectivity index (χ3n) is 8.06. The lowest BCUT2D eigenvalue weighted by atomic mass is 10.1. The van der Waals surface area contributed by atoms with Crippen molar-refractivity contribution >= 4 is 76.2 Å². The zero-order chi connectivity index (χ0) is 42.0. The Kier molecular flexibility index (Phi) is 12.2. The molecule has 2 saturated heterocycles. The average molecular weight is 908 g/mol. The van der Waals surface area contributed by atoms with Crippen molar-refractivity contribution in [2.75, 3.05) is 31.8 Å². The lowest BCUT2D eigenvalue weighted by Gasteiger charge is -2.39. The topological polar surface area (TPSA) is 451 Å². The van der Waals surface area contributed by atoms with E-state index in [0.29, 0.717) is 0 Å². The summed E-state index contributed by atoms with van der Waals surface area (Å²) in [5, 5.41) is 44.1. The lowest BCUT2D eigenvalue weighted by molar-refractivity contribution is -0.746. The predicted molar refractivity (Wildman–Crippen MR) is 174 cm³/mol. The quantitative estimate of drug-likeness (QED) is 0.0477. The zero-order valence-electron chi connectivity index (χ0n) is 28.5. The second-order valence-corrected chi connectivity index (χ2v) is 19.3. The summed E-state index contributed by atoms with van der Waals surface area (Å²) < 4.78 is 77.8. The molecule has 2 aliphatic heterocycles. The van der Waals surface area contributed by atoms with Gasteiger partial charge in [-0.05, 0) is 0 Å². The molecule has 0 aliphatic carbocycles. The molecular weight excluding hydrogens is 880 g/mol. The Labute approximate surface area is 321 Å². The van der Waals surface area contributed by atoms with Crippen molar-refractivity contribution in [3.63, 3.8) is 0 Å². The average Bonchev–Trinajstić information content (AvgIpc) is 3.80. The van der Waals surface area contributed by atoms with Crippen LogP contribution < -0.4 is 46.3 Å². The Balaban J connectivity index is 1.04. The summed E-state index contributed by atoms with van der Waals surface area (Å²) in [4.78, 5) is 79.3. The van der Waals surface area contributed by atoms with Crippen molar-refractivity contribution in [1.29, 1.82) is 0 Å². The number of phosphoric ester groups is 2. The number of aromatic amines is 1. The minimum atomic E-state index is -6.43. The molecule has 12 atom stereocenters. The van der Waals surface area contributed by atoms with Gasteiger partial charge in [0.25, 0.3) is 35.0 Å². The van der Waals surface area contributed by atoms with Gasteiger partial charge in [-0.2, -0.15) is 4.98 Å². The molecule has 30 nitrogen and oxygen atoms in total. The number of aryl methyl sites for hydroxylation is 1. The first-order chi connectivity index (χ1) is 26.4. The van der Waals surface area contributed by atoms with Crippen molar-refractivity contribution in [2.24, 2.45) is 7.05 Å². The molecule has 35 heteroatoms. The number of nitrogens with zero attached hydrogens (tertiary/aromatic N) is 7. The number of rotatable bonds is 15. The number of aliphatic hydroxyl groups is 3. The Hall–Kier alpha value is -2.96. The molecule has 0 radical (unpaired) electrons. The molecule has 2 aliphatic rings. The first-order valence-electron chi connectivity index (χ1n) is 15.4. The predicted octanol–water partition coefficient (Wildman–Crippen LogP) is -6.41. The number of phosphoric acid groups is 3. The van der Waals surface area contributed by atoms with E-state index in [1.54, 1.807) is 0 Å². The molecule has 0 aromatic carbocycles. The Morgan fingerprint density at radius 3 is 2.21 bits per heavy atom. The van der Waals surface area contributed by atoms with Crippen LogP contribution in [0.1, 0.15) is 12.5 Å². The molecule has 6 heterocycles. The fraction of sp³-hybridized carbons (Fsp3) is 0.545. The summed E-state index contributed by atoms with van der Waals surface area (Å²) >= 11 is 4.27. The van der Waals surface area contributed by atoms with Gasteiger partial charge < -0.3 is 74.7 Å². The molecule has 4 aromatic heterocycles. The number of fused-ring (bicyclic) bond motifs is 2. The molecule has 4 aromatic rings. The first-order valence-corrected chi connectivity index (χ1v) is 22.3. The van der Waals surface area contributed by atoms with Gasteiger partial charge in [-0.15, -0.1) is 0 Å². The maximum Gasteiger partial charge on any atom is 0.309 e. The van der Waals surface area contributed by atoms with Crippen molar-refractivity contribution < 1.29 is 94.5 Å². The van der Waals surface area contributed by atoms with Gasteiger partial charge in [0.2, 0.25) is 12.2 Å². The fourth-order valence-corrected chi connectivity index (χ4v) is 12.0. The van der Waals surface area contributed by atoms with Crippen LogP contribution >= 0.6 is 30.2 Å². The number of nitrogens with one attached hydrogen (secondary N) is 1.